The predicted octanol–water partition coefficient (Wildman–Crippen LogP) is 3.76. The molecule has 0 bridgehead atoms. The Bertz CT molecular complexity index is 463. The number of rotatable bonds is 3. The van der Waals surface area contributed by atoms with Gasteiger partial charge in [-0.1, -0.05) is 23.2 Å². The van der Waals surface area contributed by atoms with Crippen LogP contribution in [0.25, 0.3) is 0 Å². The zero-order valence-electron chi connectivity index (χ0n) is 10.9. The maximum atomic E-state index is 11.6. The van der Waals surface area contributed by atoms with Crippen molar-refractivity contribution in [2.24, 2.45) is 0 Å². The van der Waals surface area contributed by atoms with Gasteiger partial charge in [0.15, 0.2) is 0 Å². The average Bonchev–Trinajstić information content (AvgIpc) is 2.21. The first-order chi connectivity index (χ1) is 8.71. The quantitative estimate of drug-likeness (QED) is 0.865. The van der Waals surface area contributed by atoms with Gasteiger partial charge < -0.3 is 14.8 Å². The van der Waals surface area contributed by atoms with Gasteiger partial charge in [0.25, 0.3) is 0 Å². The molecule has 0 aliphatic rings. The van der Waals surface area contributed by atoms with Crippen LogP contribution < -0.4 is 5.32 Å². The normalized spacial score (nSPS) is 12.7. The van der Waals surface area contributed by atoms with Crippen LogP contribution in [-0.4, -0.2) is 18.0 Å². The smallest absolute Gasteiger partial charge is 0.408 e. The molecule has 0 saturated heterocycles. The van der Waals surface area contributed by atoms with Crippen LogP contribution in [0.5, 0.6) is 0 Å². The number of alkyl carbamates (subject to hydrolysis) is 1. The van der Waals surface area contributed by atoms with E-state index >= 15 is 0 Å². The third-order valence-corrected chi connectivity index (χ3v) is 2.49. The Morgan fingerprint density at radius 1 is 1.26 bits per heavy atom. The highest BCUT2D eigenvalue weighted by Gasteiger charge is 2.20. The summed E-state index contributed by atoms with van der Waals surface area (Å²) in [6.45, 7) is 5.20. The third-order valence-electron chi connectivity index (χ3n) is 2.05. The molecule has 4 nitrogen and oxygen atoms in total. The summed E-state index contributed by atoms with van der Waals surface area (Å²) < 4.78 is 5.08. The van der Waals surface area contributed by atoms with Crippen molar-refractivity contribution in [3.8, 4) is 0 Å². The molecule has 1 atom stereocenters. The highest BCUT2D eigenvalue weighted by Crippen LogP contribution is 2.23. The highest BCUT2D eigenvalue weighted by atomic mass is 35.5. The molecule has 0 radical (unpaired) electrons. The molecule has 1 aromatic carbocycles. The van der Waals surface area contributed by atoms with E-state index in [1.54, 1.807) is 39.0 Å². The predicted molar refractivity (Wildman–Crippen MR) is 74.6 cm³/mol. The van der Waals surface area contributed by atoms with Crippen LogP contribution in [0.1, 0.15) is 32.4 Å². The molecule has 104 valence electrons. The minimum Gasteiger partial charge on any atom is -0.444 e. The molecule has 1 rings (SSSR count). The lowest BCUT2D eigenvalue weighted by molar-refractivity contribution is -0.109. The Labute approximate surface area is 122 Å². The van der Waals surface area contributed by atoms with E-state index in [-0.39, 0.29) is 0 Å². The molecule has 1 unspecified atom stereocenters. The molecule has 1 N–H and O–H groups in total. The number of amides is 1. The van der Waals surface area contributed by atoms with E-state index in [4.69, 9.17) is 27.9 Å². The molecule has 19 heavy (non-hydrogen) atoms. The minimum atomic E-state index is -0.856. The Kier molecular flexibility index (Phi) is 5.20. The van der Waals surface area contributed by atoms with E-state index in [9.17, 15) is 9.59 Å². The molecule has 6 heteroatoms. The standard InChI is InChI=1S/C13H15Cl2NO3/c1-13(2,3)19-12(18)16-11(7-17)8-4-9(14)6-10(15)5-8/h4-7,11H,1-3H3,(H,16,18). The van der Waals surface area contributed by atoms with Crippen molar-refractivity contribution in [3.05, 3.63) is 33.8 Å². The lowest BCUT2D eigenvalue weighted by Gasteiger charge is -2.21. The first-order valence-electron chi connectivity index (χ1n) is 5.62. The Morgan fingerprint density at radius 3 is 2.21 bits per heavy atom. The monoisotopic (exact) mass is 303 g/mol. The molecule has 0 aliphatic heterocycles. The fourth-order valence-corrected chi connectivity index (χ4v) is 1.93. The van der Waals surface area contributed by atoms with Crippen LogP contribution in [-0.2, 0) is 9.53 Å². The Morgan fingerprint density at radius 2 is 1.79 bits per heavy atom. The van der Waals surface area contributed by atoms with Crippen molar-refractivity contribution < 1.29 is 14.3 Å². The van der Waals surface area contributed by atoms with Gasteiger partial charge in [0, 0.05) is 10.0 Å². The minimum absolute atomic E-state index is 0.389. The van der Waals surface area contributed by atoms with Crippen LogP contribution in [0.4, 0.5) is 4.79 Å². The SMILES string of the molecule is CC(C)(C)OC(=O)NC(C=O)c1cc(Cl)cc(Cl)c1. The maximum absolute atomic E-state index is 11.6. The number of hydrogen-bond donors (Lipinski definition) is 1. The van der Waals surface area contributed by atoms with Gasteiger partial charge in [0.1, 0.15) is 17.9 Å². The van der Waals surface area contributed by atoms with Crippen LogP contribution in [0.15, 0.2) is 18.2 Å². The summed E-state index contributed by atoms with van der Waals surface area (Å²) in [5.41, 5.74) is -0.137. The Hall–Kier alpha value is -1.26. The molecule has 0 aliphatic carbocycles. The third kappa shape index (κ3) is 5.49. The lowest BCUT2D eigenvalue weighted by Crippen LogP contribution is -2.35. The van der Waals surface area contributed by atoms with Crippen LogP contribution in [0, 0.1) is 0 Å². The van der Waals surface area contributed by atoms with Crippen molar-refractivity contribution in [2.45, 2.75) is 32.4 Å². The first kappa shape index (κ1) is 15.8. The van der Waals surface area contributed by atoms with E-state index in [1.807, 2.05) is 0 Å². The average molecular weight is 304 g/mol. The molecule has 1 aromatic rings. The van der Waals surface area contributed by atoms with Gasteiger partial charge in [-0.3, -0.25) is 0 Å². The van der Waals surface area contributed by atoms with Crippen molar-refractivity contribution in [1.29, 1.82) is 0 Å². The lowest BCUT2D eigenvalue weighted by atomic mass is 10.1. The van der Waals surface area contributed by atoms with Gasteiger partial charge in [-0.15, -0.1) is 0 Å². The van der Waals surface area contributed by atoms with Crippen molar-refractivity contribution in [3.63, 3.8) is 0 Å². The highest BCUT2D eigenvalue weighted by molar-refractivity contribution is 6.34. The second-order valence-electron chi connectivity index (χ2n) is 4.96. The number of benzene rings is 1. The fourth-order valence-electron chi connectivity index (χ4n) is 1.39. The van der Waals surface area contributed by atoms with Gasteiger partial charge in [0.2, 0.25) is 0 Å². The molecular weight excluding hydrogens is 289 g/mol. The number of hydrogen-bond acceptors (Lipinski definition) is 3. The molecule has 0 spiro atoms. The summed E-state index contributed by atoms with van der Waals surface area (Å²) in [5.74, 6) is 0. The van der Waals surface area contributed by atoms with Gasteiger partial charge in [0.05, 0.1) is 0 Å². The van der Waals surface area contributed by atoms with E-state index in [1.165, 1.54) is 0 Å². The largest absolute Gasteiger partial charge is 0.444 e. The molecule has 0 saturated carbocycles. The number of carbonyl (C=O) groups excluding carboxylic acids is 2. The van der Waals surface area contributed by atoms with Gasteiger partial charge in [-0.25, -0.2) is 4.79 Å². The fraction of sp³-hybridized carbons (Fsp3) is 0.385. The second-order valence-corrected chi connectivity index (χ2v) is 5.84. The Balaban J connectivity index is 2.84. The van der Waals surface area contributed by atoms with Crippen molar-refractivity contribution >= 4 is 35.6 Å². The van der Waals surface area contributed by atoms with Gasteiger partial charge >= 0.3 is 6.09 Å². The van der Waals surface area contributed by atoms with Crippen LogP contribution >= 0.6 is 23.2 Å². The van der Waals surface area contributed by atoms with E-state index < -0.39 is 17.7 Å². The topological polar surface area (TPSA) is 55.4 Å². The summed E-state index contributed by atoms with van der Waals surface area (Å²) in [6.07, 6.45) is -0.0907. The van der Waals surface area contributed by atoms with E-state index in [0.29, 0.717) is 21.9 Å². The van der Waals surface area contributed by atoms with Crippen LogP contribution in [0.3, 0.4) is 0 Å². The number of nitrogens with one attached hydrogen (secondary N) is 1. The van der Waals surface area contributed by atoms with E-state index in [0.717, 1.165) is 0 Å². The number of aldehydes is 1. The molecular formula is C13H15Cl2NO3. The maximum Gasteiger partial charge on any atom is 0.408 e. The van der Waals surface area contributed by atoms with E-state index in [2.05, 4.69) is 5.32 Å². The molecule has 0 fully saturated rings. The molecule has 0 heterocycles. The summed E-state index contributed by atoms with van der Waals surface area (Å²) >= 11 is 11.7. The number of halogens is 2. The number of carbonyl (C=O) groups is 2. The summed E-state index contributed by atoms with van der Waals surface area (Å²) in [5, 5.41) is 3.23. The van der Waals surface area contributed by atoms with Crippen molar-refractivity contribution in [2.75, 3.05) is 0 Å². The summed E-state index contributed by atoms with van der Waals surface area (Å²) in [6, 6.07) is 3.81. The molecule has 0 aromatic heterocycles. The molecule has 1 amide bonds. The van der Waals surface area contributed by atoms with Crippen LogP contribution in [0.2, 0.25) is 10.0 Å². The summed E-state index contributed by atoms with van der Waals surface area (Å²) in [7, 11) is 0. The summed E-state index contributed by atoms with van der Waals surface area (Å²) in [4.78, 5) is 22.7. The zero-order valence-corrected chi connectivity index (χ0v) is 12.4. The number of ether oxygens (including phenoxy) is 1. The van der Waals surface area contributed by atoms with Crippen molar-refractivity contribution in [1.82, 2.24) is 5.32 Å². The second kappa shape index (κ2) is 6.26. The van der Waals surface area contributed by atoms with Gasteiger partial charge in [-0.2, -0.15) is 0 Å². The first-order valence-corrected chi connectivity index (χ1v) is 6.37. The zero-order chi connectivity index (χ0) is 14.6. The van der Waals surface area contributed by atoms with Gasteiger partial charge in [-0.05, 0) is 44.5 Å².